The molecule has 0 radical (unpaired) electrons. The quantitative estimate of drug-likeness (QED) is 0.854. The number of anilines is 1. The summed E-state index contributed by atoms with van der Waals surface area (Å²) >= 11 is 0. The van der Waals surface area contributed by atoms with Gasteiger partial charge in [-0.1, -0.05) is 12.1 Å². The van der Waals surface area contributed by atoms with Crippen LogP contribution in [0.15, 0.2) is 34.9 Å². The van der Waals surface area contributed by atoms with Crippen molar-refractivity contribution in [3.05, 3.63) is 47.4 Å². The molecule has 0 spiro atoms. The highest BCUT2D eigenvalue weighted by Crippen LogP contribution is 2.36. The van der Waals surface area contributed by atoms with Gasteiger partial charge in [-0.15, -0.1) is 0 Å². The second-order valence-corrected chi connectivity index (χ2v) is 4.78. The van der Waals surface area contributed by atoms with E-state index in [1.165, 1.54) is 6.26 Å². The highest BCUT2D eigenvalue weighted by molar-refractivity contribution is 6.06. The fourth-order valence-electron chi connectivity index (χ4n) is 2.55. The normalized spacial score (nSPS) is 14.3. The van der Waals surface area contributed by atoms with Gasteiger partial charge in [-0.2, -0.15) is 0 Å². The third-order valence-electron chi connectivity index (χ3n) is 3.50. The first-order valence-corrected chi connectivity index (χ1v) is 6.35. The van der Waals surface area contributed by atoms with Crippen molar-refractivity contribution in [1.82, 2.24) is 0 Å². The molecule has 2 heterocycles. The summed E-state index contributed by atoms with van der Waals surface area (Å²) in [5, 5.41) is 10.0. The van der Waals surface area contributed by atoms with Crippen LogP contribution in [0.3, 0.4) is 0 Å². The Morgan fingerprint density at radius 2 is 2.21 bits per heavy atom. The average Bonchev–Trinajstić information content (AvgIpc) is 2.84. The Morgan fingerprint density at radius 1 is 1.37 bits per heavy atom. The summed E-state index contributed by atoms with van der Waals surface area (Å²) in [5.74, 6) is 0.302. The summed E-state index contributed by atoms with van der Waals surface area (Å²) in [6, 6.07) is 7.13. The molecule has 19 heavy (non-hydrogen) atoms. The molecule has 0 unspecified atom stereocenters. The van der Waals surface area contributed by atoms with Gasteiger partial charge in [-0.3, -0.25) is 4.79 Å². The Balaban J connectivity index is 2.05. The summed E-state index contributed by atoms with van der Waals surface area (Å²) in [7, 11) is 0. The minimum atomic E-state index is -0.190. The van der Waals surface area contributed by atoms with Crippen molar-refractivity contribution in [3.8, 4) is 5.75 Å². The fourth-order valence-corrected chi connectivity index (χ4v) is 2.55. The van der Waals surface area contributed by atoms with Crippen LogP contribution in [-0.2, 0) is 6.42 Å². The molecule has 0 saturated carbocycles. The third kappa shape index (κ3) is 1.89. The van der Waals surface area contributed by atoms with Crippen LogP contribution in [0, 0.1) is 6.92 Å². The average molecular weight is 257 g/mol. The molecule has 1 aromatic carbocycles. The third-order valence-corrected chi connectivity index (χ3v) is 3.50. The van der Waals surface area contributed by atoms with Gasteiger partial charge in [-0.05, 0) is 37.5 Å². The lowest BCUT2D eigenvalue weighted by molar-refractivity contribution is 0.0956. The van der Waals surface area contributed by atoms with Gasteiger partial charge >= 0.3 is 0 Å². The molecular formula is C15H15NO3. The van der Waals surface area contributed by atoms with Crippen LogP contribution in [0.5, 0.6) is 5.75 Å². The smallest absolute Gasteiger partial charge is 0.294 e. The zero-order valence-electron chi connectivity index (χ0n) is 10.7. The number of nitrogens with zero attached hydrogens (tertiary/aromatic N) is 1. The Morgan fingerprint density at radius 3 is 2.95 bits per heavy atom. The lowest BCUT2D eigenvalue weighted by Crippen LogP contribution is -2.35. The van der Waals surface area contributed by atoms with Crippen LogP contribution in [0.4, 0.5) is 5.69 Å². The largest absolute Gasteiger partial charge is 0.506 e. The molecule has 4 heteroatoms. The molecule has 0 saturated heterocycles. The molecule has 2 aromatic rings. The number of rotatable bonds is 1. The molecule has 0 aliphatic carbocycles. The van der Waals surface area contributed by atoms with E-state index in [-0.39, 0.29) is 11.7 Å². The van der Waals surface area contributed by atoms with Crippen LogP contribution in [0.25, 0.3) is 0 Å². The molecule has 98 valence electrons. The minimum Gasteiger partial charge on any atom is -0.506 e. The Kier molecular flexibility index (Phi) is 2.78. The molecule has 1 N–H and O–H groups in total. The Hall–Kier alpha value is -2.23. The number of phenols is 1. The highest BCUT2D eigenvalue weighted by Gasteiger charge is 2.28. The van der Waals surface area contributed by atoms with E-state index in [1.54, 1.807) is 23.1 Å². The van der Waals surface area contributed by atoms with Gasteiger partial charge in [0.15, 0.2) is 5.76 Å². The van der Waals surface area contributed by atoms with Gasteiger partial charge in [0, 0.05) is 12.1 Å². The van der Waals surface area contributed by atoms with E-state index >= 15 is 0 Å². The summed E-state index contributed by atoms with van der Waals surface area (Å²) in [5.41, 5.74) is 2.44. The number of furan rings is 1. The Bertz CT molecular complexity index is 630. The van der Waals surface area contributed by atoms with E-state index in [2.05, 4.69) is 0 Å². The minimum absolute atomic E-state index is 0.148. The molecule has 3 rings (SSSR count). The van der Waals surface area contributed by atoms with Crippen LogP contribution >= 0.6 is 0 Å². The zero-order chi connectivity index (χ0) is 13.4. The van der Waals surface area contributed by atoms with Gasteiger partial charge in [0.25, 0.3) is 5.91 Å². The standard InChI is InChI=1S/C15H15NO3/c1-10-7-9-19-14(10)15(18)16-8-3-5-11-4-2-6-12(17)13(11)16/h2,4,6-7,9,17H,3,5,8H2,1H3. The predicted octanol–water partition coefficient (Wildman–Crippen LogP) is 2.89. The van der Waals surface area contributed by atoms with Crippen LogP contribution in [0.1, 0.15) is 28.1 Å². The van der Waals surface area contributed by atoms with Crippen molar-refractivity contribution in [2.24, 2.45) is 0 Å². The van der Waals surface area contributed by atoms with Gasteiger partial charge in [-0.25, -0.2) is 0 Å². The first-order valence-electron chi connectivity index (χ1n) is 6.35. The van der Waals surface area contributed by atoms with Crippen LogP contribution in [-0.4, -0.2) is 17.6 Å². The maximum absolute atomic E-state index is 12.5. The van der Waals surface area contributed by atoms with E-state index in [0.717, 1.165) is 24.0 Å². The number of fused-ring (bicyclic) bond motifs is 1. The first kappa shape index (κ1) is 11.8. The number of benzene rings is 1. The number of amides is 1. The number of phenolic OH excluding ortho intramolecular Hbond substituents is 1. The van der Waals surface area contributed by atoms with Crippen molar-refractivity contribution in [2.75, 3.05) is 11.4 Å². The zero-order valence-corrected chi connectivity index (χ0v) is 10.7. The number of hydrogen-bond donors (Lipinski definition) is 1. The van der Waals surface area contributed by atoms with Crippen molar-refractivity contribution < 1.29 is 14.3 Å². The van der Waals surface area contributed by atoms with Crippen LogP contribution in [0.2, 0.25) is 0 Å². The summed E-state index contributed by atoms with van der Waals surface area (Å²) in [6.07, 6.45) is 3.28. The fraction of sp³-hybridized carbons (Fsp3) is 0.267. The topological polar surface area (TPSA) is 53.7 Å². The Labute approximate surface area is 111 Å². The molecule has 1 aliphatic heterocycles. The van der Waals surface area contributed by atoms with Crippen molar-refractivity contribution in [1.29, 1.82) is 0 Å². The number of aromatic hydroxyl groups is 1. The highest BCUT2D eigenvalue weighted by atomic mass is 16.3. The van der Waals surface area contributed by atoms with Gasteiger partial charge < -0.3 is 14.4 Å². The number of hydrogen-bond acceptors (Lipinski definition) is 3. The molecule has 1 aliphatic rings. The second-order valence-electron chi connectivity index (χ2n) is 4.78. The number of para-hydroxylation sites is 1. The van der Waals surface area contributed by atoms with Crippen molar-refractivity contribution >= 4 is 11.6 Å². The number of carbonyl (C=O) groups is 1. The first-order chi connectivity index (χ1) is 9.18. The van der Waals surface area contributed by atoms with Gasteiger partial charge in [0.2, 0.25) is 0 Å². The lowest BCUT2D eigenvalue weighted by atomic mass is 10.0. The summed E-state index contributed by atoms with van der Waals surface area (Å²) in [6.45, 7) is 2.44. The molecule has 1 aromatic heterocycles. The number of carbonyl (C=O) groups excluding carboxylic acids is 1. The predicted molar refractivity (Wildman–Crippen MR) is 71.5 cm³/mol. The van der Waals surface area contributed by atoms with Gasteiger partial charge in [0.1, 0.15) is 5.75 Å². The van der Waals surface area contributed by atoms with Crippen LogP contribution < -0.4 is 4.90 Å². The van der Waals surface area contributed by atoms with E-state index in [0.29, 0.717) is 18.0 Å². The van der Waals surface area contributed by atoms with Crippen molar-refractivity contribution in [3.63, 3.8) is 0 Å². The van der Waals surface area contributed by atoms with E-state index in [1.807, 2.05) is 13.0 Å². The second kappa shape index (κ2) is 4.46. The SMILES string of the molecule is Cc1ccoc1C(=O)N1CCCc2cccc(O)c21. The molecule has 4 nitrogen and oxygen atoms in total. The maximum atomic E-state index is 12.5. The summed E-state index contributed by atoms with van der Waals surface area (Å²) in [4.78, 5) is 14.1. The lowest BCUT2D eigenvalue weighted by Gasteiger charge is -2.29. The van der Waals surface area contributed by atoms with E-state index in [9.17, 15) is 9.90 Å². The van der Waals surface area contributed by atoms with Crippen molar-refractivity contribution in [2.45, 2.75) is 19.8 Å². The molecule has 1 amide bonds. The monoisotopic (exact) mass is 257 g/mol. The molecule has 0 fully saturated rings. The maximum Gasteiger partial charge on any atom is 0.294 e. The molecule has 0 bridgehead atoms. The molecular weight excluding hydrogens is 242 g/mol. The van der Waals surface area contributed by atoms with Gasteiger partial charge in [0.05, 0.1) is 12.0 Å². The number of aryl methyl sites for hydroxylation is 2. The van der Waals surface area contributed by atoms with E-state index < -0.39 is 0 Å². The molecule has 0 atom stereocenters. The summed E-state index contributed by atoms with van der Waals surface area (Å²) < 4.78 is 5.26. The van der Waals surface area contributed by atoms with E-state index in [4.69, 9.17) is 4.42 Å².